The van der Waals surface area contributed by atoms with Gasteiger partial charge in [-0.05, 0) is 30.5 Å². The van der Waals surface area contributed by atoms with Crippen molar-refractivity contribution in [1.82, 2.24) is 0 Å². The Labute approximate surface area is 79.7 Å². The molecule has 0 atom stereocenters. The first-order chi connectivity index (χ1) is 6.12. The molecular weight excluding hydrogens is 160 g/mol. The van der Waals surface area contributed by atoms with Gasteiger partial charge in [0, 0.05) is 5.41 Å². The Morgan fingerprint density at radius 1 is 1.15 bits per heavy atom. The first-order valence-corrected chi connectivity index (χ1v) is 4.77. The van der Waals surface area contributed by atoms with E-state index in [1.165, 1.54) is 16.7 Å². The summed E-state index contributed by atoms with van der Waals surface area (Å²) >= 11 is 0. The van der Waals surface area contributed by atoms with E-state index in [0.29, 0.717) is 0 Å². The van der Waals surface area contributed by atoms with Crippen molar-refractivity contribution >= 4 is 0 Å². The molecule has 13 heavy (non-hydrogen) atoms. The second kappa shape index (κ2) is 2.85. The molecule has 0 amide bonds. The van der Waals surface area contributed by atoms with E-state index in [2.05, 4.69) is 39.0 Å². The van der Waals surface area contributed by atoms with Crippen LogP contribution in [0.15, 0.2) is 18.2 Å². The molecule has 0 N–H and O–H groups in total. The van der Waals surface area contributed by atoms with E-state index in [9.17, 15) is 0 Å². The molecule has 1 heteroatoms. The van der Waals surface area contributed by atoms with Crippen molar-refractivity contribution in [3.05, 3.63) is 34.9 Å². The van der Waals surface area contributed by atoms with Gasteiger partial charge in [0.15, 0.2) is 0 Å². The summed E-state index contributed by atoms with van der Waals surface area (Å²) in [6.45, 7) is 8.33. The van der Waals surface area contributed by atoms with Crippen LogP contribution in [0.4, 0.5) is 0 Å². The van der Waals surface area contributed by atoms with Crippen molar-refractivity contribution in [1.29, 1.82) is 0 Å². The fourth-order valence-corrected chi connectivity index (χ4v) is 1.69. The van der Waals surface area contributed by atoms with E-state index < -0.39 is 0 Å². The molecule has 1 heterocycles. The van der Waals surface area contributed by atoms with Gasteiger partial charge in [0.1, 0.15) is 0 Å². The average molecular weight is 176 g/mol. The van der Waals surface area contributed by atoms with E-state index in [-0.39, 0.29) is 5.41 Å². The van der Waals surface area contributed by atoms with Crippen molar-refractivity contribution in [2.24, 2.45) is 0 Å². The fourth-order valence-electron chi connectivity index (χ4n) is 1.69. The third-order valence-electron chi connectivity index (χ3n) is 3.05. The molecule has 0 saturated carbocycles. The summed E-state index contributed by atoms with van der Waals surface area (Å²) in [6.07, 6.45) is 0. The van der Waals surface area contributed by atoms with Crippen molar-refractivity contribution < 1.29 is 4.74 Å². The van der Waals surface area contributed by atoms with Crippen LogP contribution >= 0.6 is 0 Å². The zero-order valence-corrected chi connectivity index (χ0v) is 8.55. The first kappa shape index (κ1) is 8.76. The number of ether oxygens (including phenoxy) is 1. The van der Waals surface area contributed by atoms with Crippen LogP contribution in [0.2, 0.25) is 0 Å². The Morgan fingerprint density at radius 2 is 1.85 bits per heavy atom. The lowest BCUT2D eigenvalue weighted by atomic mass is 9.80. The summed E-state index contributed by atoms with van der Waals surface area (Å²) in [5.74, 6) is 0. The quantitative estimate of drug-likeness (QED) is 0.639. The molecule has 1 fully saturated rings. The van der Waals surface area contributed by atoms with Crippen LogP contribution < -0.4 is 0 Å². The molecule has 0 aliphatic carbocycles. The molecule has 1 aromatic carbocycles. The second-order valence-corrected chi connectivity index (χ2v) is 4.35. The first-order valence-electron chi connectivity index (χ1n) is 4.77. The van der Waals surface area contributed by atoms with Crippen LogP contribution in [0.5, 0.6) is 0 Å². The van der Waals surface area contributed by atoms with Gasteiger partial charge in [-0.2, -0.15) is 0 Å². The molecular formula is C12H16O. The molecule has 0 unspecified atom stereocenters. The molecule has 1 saturated heterocycles. The highest BCUT2D eigenvalue weighted by Crippen LogP contribution is 2.32. The van der Waals surface area contributed by atoms with Crippen molar-refractivity contribution in [2.45, 2.75) is 26.2 Å². The van der Waals surface area contributed by atoms with Crippen LogP contribution in [0.3, 0.4) is 0 Å². The minimum absolute atomic E-state index is 0.276. The third-order valence-corrected chi connectivity index (χ3v) is 3.05. The highest BCUT2D eigenvalue weighted by Gasteiger charge is 2.35. The molecule has 0 radical (unpaired) electrons. The molecule has 1 nitrogen and oxygen atoms in total. The van der Waals surface area contributed by atoms with Crippen molar-refractivity contribution in [2.75, 3.05) is 13.2 Å². The van der Waals surface area contributed by atoms with Crippen LogP contribution in [-0.2, 0) is 10.2 Å². The van der Waals surface area contributed by atoms with Gasteiger partial charge in [0.2, 0.25) is 0 Å². The van der Waals surface area contributed by atoms with E-state index >= 15 is 0 Å². The minimum atomic E-state index is 0.276. The van der Waals surface area contributed by atoms with E-state index in [0.717, 1.165) is 13.2 Å². The Morgan fingerprint density at radius 3 is 2.31 bits per heavy atom. The number of rotatable bonds is 1. The normalized spacial score (nSPS) is 19.6. The lowest BCUT2D eigenvalue weighted by Crippen LogP contribution is -2.43. The van der Waals surface area contributed by atoms with Gasteiger partial charge in [-0.25, -0.2) is 0 Å². The lowest BCUT2D eigenvalue weighted by molar-refractivity contribution is -0.0500. The summed E-state index contributed by atoms with van der Waals surface area (Å²) < 4.78 is 5.26. The lowest BCUT2D eigenvalue weighted by Gasteiger charge is -2.38. The monoisotopic (exact) mass is 176 g/mol. The van der Waals surface area contributed by atoms with Gasteiger partial charge in [-0.3, -0.25) is 0 Å². The summed E-state index contributed by atoms with van der Waals surface area (Å²) in [4.78, 5) is 0. The van der Waals surface area contributed by atoms with E-state index in [1.54, 1.807) is 0 Å². The SMILES string of the molecule is Cc1ccc(C2(C)COC2)cc1C. The minimum Gasteiger partial charge on any atom is -0.379 e. The van der Waals surface area contributed by atoms with Crippen LogP contribution in [0.25, 0.3) is 0 Å². The Balaban J connectivity index is 2.36. The molecule has 0 bridgehead atoms. The number of hydrogen-bond acceptors (Lipinski definition) is 1. The fraction of sp³-hybridized carbons (Fsp3) is 0.500. The Kier molecular flexibility index (Phi) is 1.92. The van der Waals surface area contributed by atoms with Crippen molar-refractivity contribution in [3.63, 3.8) is 0 Å². The molecule has 0 aromatic heterocycles. The Hall–Kier alpha value is -0.820. The van der Waals surface area contributed by atoms with Crippen LogP contribution in [-0.4, -0.2) is 13.2 Å². The topological polar surface area (TPSA) is 9.23 Å². The second-order valence-electron chi connectivity index (χ2n) is 4.35. The summed E-state index contributed by atoms with van der Waals surface area (Å²) in [5, 5.41) is 0. The molecule has 1 aliphatic rings. The molecule has 1 aliphatic heterocycles. The number of aryl methyl sites for hydroxylation is 2. The van der Waals surface area contributed by atoms with Gasteiger partial charge >= 0.3 is 0 Å². The molecule has 70 valence electrons. The van der Waals surface area contributed by atoms with Gasteiger partial charge in [0.05, 0.1) is 13.2 Å². The Bertz CT molecular complexity index is 324. The average Bonchev–Trinajstić information content (AvgIpc) is 2.06. The van der Waals surface area contributed by atoms with Gasteiger partial charge in [-0.15, -0.1) is 0 Å². The van der Waals surface area contributed by atoms with E-state index in [1.807, 2.05) is 0 Å². The summed E-state index contributed by atoms with van der Waals surface area (Å²) in [7, 11) is 0. The molecule has 1 aromatic rings. The predicted octanol–water partition coefficient (Wildman–Crippen LogP) is 2.59. The van der Waals surface area contributed by atoms with Gasteiger partial charge in [-0.1, -0.05) is 25.1 Å². The highest BCUT2D eigenvalue weighted by atomic mass is 16.5. The highest BCUT2D eigenvalue weighted by molar-refractivity contribution is 5.35. The van der Waals surface area contributed by atoms with Crippen molar-refractivity contribution in [3.8, 4) is 0 Å². The summed E-state index contributed by atoms with van der Waals surface area (Å²) in [6, 6.07) is 6.72. The number of hydrogen-bond donors (Lipinski definition) is 0. The maximum absolute atomic E-state index is 5.26. The van der Waals surface area contributed by atoms with Crippen LogP contribution in [0, 0.1) is 13.8 Å². The zero-order valence-electron chi connectivity index (χ0n) is 8.55. The standard InChI is InChI=1S/C12H16O/c1-9-4-5-11(6-10(9)2)12(3)7-13-8-12/h4-6H,7-8H2,1-3H3. The molecule has 0 spiro atoms. The van der Waals surface area contributed by atoms with E-state index in [4.69, 9.17) is 4.74 Å². The number of benzene rings is 1. The maximum Gasteiger partial charge on any atom is 0.0582 e. The van der Waals surface area contributed by atoms with Gasteiger partial charge < -0.3 is 4.74 Å². The smallest absolute Gasteiger partial charge is 0.0582 e. The zero-order chi connectivity index (χ0) is 9.47. The predicted molar refractivity (Wildman–Crippen MR) is 54.1 cm³/mol. The van der Waals surface area contributed by atoms with Gasteiger partial charge in [0.25, 0.3) is 0 Å². The summed E-state index contributed by atoms with van der Waals surface area (Å²) in [5.41, 5.74) is 4.44. The third kappa shape index (κ3) is 1.37. The largest absolute Gasteiger partial charge is 0.379 e. The molecule has 2 rings (SSSR count). The maximum atomic E-state index is 5.26. The van der Waals surface area contributed by atoms with Crippen LogP contribution in [0.1, 0.15) is 23.6 Å².